The van der Waals surface area contributed by atoms with Crippen LogP contribution < -0.4 is 5.32 Å². The van der Waals surface area contributed by atoms with Crippen molar-refractivity contribution in [2.45, 2.75) is 32.5 Å². The summed E-state index contributed by atoms with van der Waals surface area (Å²) < 4.78 is 37.7. The summed E-state index contributed by atoms with van der Waals surface area (Å²) >= 11 is 2.84. The fourth-order valence-electron chi connectivity index (χ4n) is 1.11. The largest absolute Gasteiger partial charge is 0.417 e. The Morgan fingerprint density at radius 2 is 1.81 bits per heavy atom. The lowest BCUT2D eigenvalue weighted by molar-refractivity contribution is -0.138. The van der Waals surface area contributed by atoms with Crippen molar-refractivity contribution in [2.24, 2.45) is 0 Å². The fourth-order valence-corrected chi connectivity index (χ4v) is 1.55. The first-order valence-electron chi connectivity index (χ1n) is 4.60. The van der Waals surface area contributed by atoms with Crippen LogP contribution in [0.4, 0.5) is 19.0 Å². The van der Waals surface area contributed by atoms with Gasteiger partial charge in [0.15, 0.2) is 0 Å². The highest BCUT2D eigenvalue weighted by Gasteiger charge is 2.33. The molecule has 0 aliphatic heterocycles. The second kappa shape index (κ2) is 4.24. The second-order valence-corrected chi connectivity index (χ2v) is 5.28. The number of aromatic nitrogens is 1. The van der Waals surface area contributed by atoms with Gasteiger partial charge < -0.3 is 5.32 Å². The highest BCUT2D eigenvalue weighted by Crippen LogP contribution is 2.35. The minimum atomic E-state index is -4.38. The Morgan fingerprint density at radius 3 is 2.25 bits per heavy atom. The lowest BCUT2D eigenvalue weighted by Crippen LogP contribution is -2.27. The molecule has 1 rings (SSSR count). The molecule has 0 radical (unpaired) electrons. The zero-order valence-electron chi connectivity index (χ0n) is 9.11. The van der Waals surface area contributed by atoms with E-state index in [9.17, 15) is 13.2 Å². The van der Waals surface area contributed by atoms with E-state index in [1.165, 1.54) is 0 Å². The summed E-state index contributed by atoms with van der Waals surface area (Å²) in [5, 5.41) is 2.89. The molecule has 0 fully saturated rings. The number of nitrogens with one attached hydrogen (secondary N) is 1. The average Bonchev–Trinajstić information content (AvgIpc) is 2.04. The van der Waals surface area contributed by atoms with E-state index in [2.05, 4.69) is 26.2 Å². The summed E-state index contributed by atoms with van der Waals surface area (Å²) in [7, 11) is 0. The summed E-state index contributed by atoms with van der Waals surface area (Å²) in [6.07, 6.45) is -3.23. The van der Waals surface area contributed by atoms with Crippen LogP contribution >= 0.6 is 15.9 Å². The van der Waals surface area contributed by atoms with E-state index in [0.717, 1.165) is 12.3 Å². The highest BCUT2D eigenvalue weighted by molar-refractivity contribution is 9.10. The molecule has 0 bridgehead atoms. The van der Waals surface area contributed by atoms with Gasteiger partial charge >= 0.3 is 6.18 Å². The van der Waals surface area contributed by atoms with Crippen molar-refractivity contribution in [1.29, 1.82) is 0 Å². The molecule has 0 aliphatic carbocycles. The molecule has 1 N–H and O–H groups in total. The molecule has 0 aromatic carbocycles. The van der Waals surface area contributed by atoms with Crippen LogP contribution in [0.1, 0.15) is 26.3 Å². The quantitative estimate of drug-likeness (QED) is 0.845. The van der Waals surface area contributed by atoms with Gasteiger partial charge in [0.1, 0.15) is 5.82 Å². The normalized spacial score (nSPS) is 12.7. The molecule has 0 unspecified atom stereocenters. The molecule has 0 spiro atoms. The zero-order chi connectivity index (χ0) is 12.6. The van der Waals surface area contributed by atoms with Crippen molar-refractivity contribution >= 4 is 21.7 Å². The van der Waals surface area contributed by atoms with E-state index in [1.807, 2.05) is 20.8 Å². The molecular formula is C10H12BrF3N2. The highest BCUT2D eigenvalue weighted by atomic mass is 79.9. The second-order valence-electron chi connectivity index (χ2n) is 4.42. The van der Waals surface area contributed by atoms with Crippen molar-refractivity contribution < 1.29 is 13.2 Å². The van der Waals surface area contributed by atoms with Crippen molar-refractivity contribution in [3.63, 3.8) is 0 Å². The summed E-state index contributed by atoms with van der Waals surface area (Å²) in [5.74, 6) is 0.211. The van der Waals surface area contributed by atoms with Gasteiger partial charge in [-0.05, 0) is 42.8 Å². The lowest BCUT2D eigenvalue weighted by atomic mass is 10.1. The van der Waals surface area contributed by atoms with Gasteiger partial charge in [-0.3, -0.25) is 0 Å². The molecule has 0 amide bonds. The van der Waals surface area contributed by atoms with Gasteiger partial charge in [0.2, 0.25) is 0 Å². The van der Waals surface area contributed by atoms with Crippen LogP contribution in [0.3, 0.4) is 0 Å². The Balaban J connectivity index is 3.09. The Hall–Kier alpha value is -0.780. The van der Waals surface area contributed by atoms with E-state index in [1.54, 1.807) is 0 Å². The molecule has 1 heterocycles. The van der Waals surface area contributed by atoms with Gasteiger partial charge in [-0.15, -0.1) is 0 Å². The van der Waals surface area contributed by atoms with Crippen molar-refractivity contribution in [2.75, 3.05) is 5.32 Å². The van der Waals surface area contributed by atoms with Crippen molar-refractivity contribution in [3.05, 3.63) is 22.3 Å². The third-order valence-corrected chi connectivity index (χ3v) is 2.30. The standard InChI is InChI=1S/C10H12BrF3N2/c1-9(2,3)16-8-4-6(10(12,13)14)7(11)5-15-8/h4-5H,1-3H3,(H,15,16). The van der Waals surface area contributed by atoms with Gasteiger partial charge in [0, 0.05) is 16.2 Å². The fraction of sp³-hybridized carbons (Fsp3) is 0.500. The van der Waals surface area contributed by atoms with Crippen LogP contribution in [-0.4, -0.2) is 10.5 Å². The molecule has 2 nitrogen and oxygen atoms in total. The van der Waals surface area contributed by atoms with Crippen LogP contribution in [0.2, 0.25) is 0 Å². The van der Waals surface area contributed by atoms with E-state index >= 15 is 0 Å². The first kappa shape index (κ1) is 13.3. The van der Waals surface area contributed by atoms with E-state index in [0.29, 0.717) is 0 Å². The van der Waals surface area contributed by atoms with Gasteiger partial charge in [-0.1, -0.05) is 0 Å². The van der Waals surface area contributed by atoms with Crippen molar-refractivity contribution in [3.8, 4) is 0 Å². The van der Waals surface area contributed by atoms with Crippen LogP contribution in [0.5, 0.6) is 0 Å². The summed E-state index contributed by atoms with van der Waals surface area (Å²) in [4.78, 5) is 3.88. The Morgan fingerprint density at radius 1 is 1.25 bits per heavy atom. The third kappa shape index (κ3) is 3.66. The van der Waals surface area contributed by atoms with Crippen LogP contribution in [0, 0.1) is 0 Å². The Kier molecular flexibility index (Phi) is 3.52. The smallest absolute Gasteiger partial charge is 0.365 e. The SMILES string of the molecule is CC(C)(C)Nc1cc(C(F)(F)F)c(Br)cn1. The Bertz CT molecular complexity index is 383. The molecule has 1 aromatic rings. The minimum absolute atomic E-state index is 0.0561. The monoisotopic (exact) mass is 296 g/mol. The molecule has 0 saturated carbocycles. The number of alkyl halides is 3. The number of pyridine rings is 1. The van der Waals surface area contributed by atoms with Gasteiger partial charge in [-0.2, -0.15) is 13.2 Å². The molecule has 0 saturated heterocycles. The van der Waals surface area contributed by atoms with Gasteiger partial charge in [0.25, 0.3) is 0 Å². The summed E-state index contributed by atoms with van der Waals surface area (Å²) in [5.41, 5.74) is -1.06. The summed E-state index contributed by atoms with van der Waals surface area (Å²) in [6.45, 7) is 5.55. The number of hydrogen-bond acceptors (Lipinski definition) is 2. The van der Waals surface area contributed by atoms with Crippen molar-refractivity contribution in [1.82, 2.24) is 4.98 Å². The maximum Gasteiger partial charge on any atom is 0.417 e. The first-order chi connectivity index (χ1) is 7.09. The number of nitrogens with zero attached hydrogens (tertiary/aromatic N) is 1. The van der Waals surface area contributed by atoms with Gasteiger partial charge in [0.05, 0.1) is 5.56 Å². The number of hydrogen-bond donors (Lipinski definition) is 1. The molecule has 0 aliphatic rings. The average molecular weight is 297 g/mol. The van der Waals surface area contributed by atoms with E-state index in [-0.39, 0.29) is 15.8 Å². The van der Waals surface area contributed by atoms with E-state index in [4.69, 9.17) is 0 Å². The van der Waals surface area contributed by atoms with Crippen LogP contribution in [0.15, 0.2) is 16.7 Å². The summed E-state index contributed by atoms with van der Waals surface area (Å²) in [6, 6.07) is 0.995. The van der Waals surface area contributed by atoms with E-state index < -0.39 is 11.7 Å². The lowest BCUT2D eigenvalue weighted by Gasteiger charge is -2.22. The molecular weight excluding hydrogens is 285 g/mol. The maximum atomic E-state index is 12.6. The molecule has 16 heavy (non-hydrogen) atoms. The zero-order valence-corrected chi connectivity index (χ0v) is 10.7. The third-order valence-electron chi connectivity index (χ3n) is 1.66. The Labute approximate surface area is 100 Å². The molecule has 6 heteroatoms. The number of rotatable bonds is 1. The number of halogens is 4. The predicted octanol–water partition coefficient (Wildman–Crippen LogP) is 4.07. The minimum Gasteiger partial charge on any atom is -0.365 e. The molecule has 90 valence electrons. The van der Waals surface area contributed by atoms with Crippen LogP contribution in [-0.2, 0) is 6.18 Å². The topological polar surface area (TPSA) is 24.9 Å². The predicted molar refractivity (Wildman–Crippen MR) is 60.3 cm³/mol. The number of anilines is 1. The molecule has 1 aromatic heterocycles. The van der Waals surface area contributed by atoms with Gasteiger partial charge in [-0.25, -0.2) is 4.98 Å². The van der Waals surface area contributed by atoms with Crippen LogP contribution in [0.25, 0.3) is 0 Å². The maximum absolute atomic E-state index is 12.6. The first-order valence-corrected chi connectivity index (χ1v) is 5.40. The molecule has 0 atom stereocenters.